The number of piperazine rings is 1. The molecule has 2 rings (SSSR count). The van der Waals surface area contributed by atoms with Crippen molar-refractivity contribution in [2.45, 2.75) is 25.1 Å². The molecule has 1 fully saturated rings. The summed E-state index contributed by atoms with van der Waals surface area (Å²) in [6, 6.07) is 7.09. The van der Waals surface area contributed by atoms with Crippen LogP contribution >= 0.6 is 24.8 Å². The lowest BCUT2D eigenvalue weighted by Crippen LogP contribution is -2.45. The molecule has 134 valence electrons. The minimum absolute atomic E-state index is 0. The number of alkyl halides is 3. The van der Waals surface area contributed by atoms with Gasteiger partial charge in [-0.1, -0.05) is 18.2 Å². The van der Waals surface area contributed by atoms with Crippen LogP contribution in [0.15, 0.2) is 24.3 Å². The van der Waals surface area contributed by atoms with E-state index in [1.807, 2.05) is 18.2 Å². The second-order valence-electron chi connectivity index (χ2n) is 5.20. The lowest BCUT2D eigenvalue weighted by atomic mass is 9.98. The minimum Gasteiger partial charge on any atom is -0.496 e. The Morgan fingerprint density at radius 2 is 1.78 bits per heavy atom. The highest BCUT2D eigenvalue weighted by Crippen LogP contribution is 2.35. The molecule has 0 saturated carbocycles. The van der Waals surface area contributed by atoms with E-state index < -0.39 is 12.6 Å². The standard InChI is InChI=1S/C15H21F3N2O.2ClH/c1-21-14-5-3-2-4-12(14)13(6-7-15(16,17)18)20-10-8-19-9-11-20;;/h2-5,13,19H,6-11H2,1H3;2*1H/t13-;;/m1../s1. The van der Waals surface area contributed by atoms with Crippen molar-refractivity contribution in [3.05, 3.63) is 29.8 Å². The molecule has 8 heteroatoms. The molecule has 0 bridgehead atoms. The van der Waals surface area contributed by atoms with Crippen LogP contribution in [0.1, 0.15) is 24.4 Å². The number of methoxy groups -OCH3 is 1. The van der Waals surface area contributed by atoms with Gasteiger partial charge >= 0.3 is 6.18 Å². The number of hydrogen-bond acceptors (Lipinski definition) is 3. The third-order valence-corrected chi connectivity index (χ3v) is 3.79. The molecule has 3 nitrogen and oxygen atoms in total. The Bertz CT molecular complexity index is 455. The lowest BCUT2D eigenvalue weighted by molar-refractivity contribution is -0.138. The Kier molecular flexibility index (Phi) is 9.93. The first-order valence-electron chi connectivity index (χ1n) is 7.15. The van der Waals surface area contributed by atoms with E-state index in [2.05, 4.69) is 10.2 Å². The van der Waals surface area contributed by atoms with Crippen molar-refractivity contribution in [1.82, 2.24) is 10.2 Å². The Labute approximate surface area is 147 Å². The van der Waals surface area contributed by atoms with Gasteiger partial charge in [-0.3, -0.25) is 4.90 Å². The van der Waals surface area contributed by atoms with Crippen molar-refractivity contribution < 1.29 is 17.9 Å². The SMILES string of the molecule is COc1ccccc1[C@@H](CCC(F)(F)F)N1CCNCC1.Cl.Cl. The molecule has 1 saturated heterocycles. The molecule has 1 aromatic rings. The van der Waals surface area contributed by atoms with Crippen molar-refractivity contribution in [3.8, 4) is 5.75 Å². The predicted molar refractivity (Wildman–Crippen MR) is 90.0 cm³/mol. The molecule has 1 atom stereocenters. The summed E-state index contributed by atoms with van der Waals surface area (Å²) in [5, 5.41) is 3.23. The van der Waals surface area contributed by atoms with Gasteiger partial charge in [0.25, 0.3) is 0 Å². The fourth-order valence-electron chi connectivity index (χ4n) is 2.77. The van der Waals surface area contributed by atoms with Crippen molar-refractivity contribution in [1.29, 1.82) is 0 Å². The molecule has 1 aliphatic rings. The molecule has 1 N–H and O–H groups in total. The molecular formula is C15H23Cl2F3N2O. The summed E-state index contributed by atoms with van der Waals surface area (Å²) in [5.74, 6) is 0.656. The molecule has 0 unspecified atom stereocenters. The zero-order valence-corrected chi connectivity index (χ0v) is 14.6. The molecule has 1 heterocycles. The number of hydrogen-bond donors (Lipinski definition) is 1. The maximum Gasteiger partial charge on any atom is 0.389 e. The van der Waals surface area contributed by atoms with Gasteiger partial charge in [0, 0.05) is 44.2 Å². The fourth-order valence-corrected chi connectivity index (χ4v) is 2.77. The zero-order chi connectivity index (χ0) is 15.3. The number of nitrogens with one attached hydrogen (secondary N) is 1. The summed E-state index contributed by atoms with van der Waals surface area (Å²) in [6.45, 7) is 3.11. The van der Waals surface area contributed by atoms with E-state index in [0.29, 0.717) is 5.75 Å². The first-order valence-corrected chi connectivity index (χ1v) is 7.15. The van der Waals surface area contributed by atoms with Gasteiger partial charge in [0.15, 0.2) is 0 Å². The molecule has 0 radical (unpaired) electrons. The average Bonchev–Trinajstić information content (AvgIpc) is 2.48. The van der Waals surface area contributed by atoms with Crippen molar-refractivity contribution in [2.75, 3.05) is 33.3 Å². The largest absolute Gasteiger partial charge is 0.496 e. The number of nitrogens with zero attached hydrogens (tertiary/aromatic N) is 1. The molecule has 0 amide bonds. The Morgan fingerprint density at radius 1 is 1.17 bits per heavy atom. The third-order valence-electron chi connectivity index (χ3n) is 3.79. The molecule has 23 heavy (non-hydrogen) atoms. The zero-order valence-electron chi connectivity index (χ0n) is 12.9. The Morgan fingerprint density at radius 3 is 2.35 bits per heavy atom. The molecular weight excluding hydrogens is 352 g/mol. The number of rotatable bonds is 5. The van der Waals surface area contributed by atoms with Crippen molar-refractivity contribution >= 4 is 24.8 Å². The maximum absolute atomic E-state index is 12.6. The van der Waals surface area contributed by atoms with Crippen LogP contribution in [0.25, 0.3) is 0 Å². The first kappa shape index (κ1) is 22.3. The molecule has 1 aromatic carbocycles. The second-order valence-corrected chi connectivity index (χ2v) is 5.20. The average molecular weight is 375 g/mol. The number of ether oxygens (including phenoxy) is 1. The summed E-state index contributed by atoms with van der Waals surface area (Å²) in [4.78, 5) is 2.11. The fraction of sp³-hybridized carbons (Fsp3) is 0.600. The van der Waals surface area contributed by atoms with Crippen LogP contribution in [0.2, 0.25) is 0 Å². The van der Waals surface area contributed by atoms with E-state index in [1.165, 1.54) is 0 Å². The van der Waals surface area contributed by atoms with E-state index in [9.17, 15) is 13.2 Å². The Balaban J connectivity index is 0.00000242. The first-order chi connectivity index (χ1) is 10.0. The highest BCUT2D eigenvalue weighted by Gasteiger charge is 2.32. The van der Waals surface area contributed by atoms with Crippen LogP contribution in [-0.2, 0) is 0 Å². The second kappa shape index (κ2) is 10.2. The summed E-state index contributed by atoms with van der Waals surface area (Å²) in [7, 11) is 1.55. The minimum atomic E-state index is -4.13. The van der Waals surface area contributed by atoms with Gasteiger partial charge < -0.3 is 10.1 Å². The van der Waals surface area contributed by atoms with E-state index in [0.717, 1.165) is 31.7 Å². The molecule has 1 aliphatic heterocycles. The molecule has 0 spiro atoms. The highest BCUT2D eigenvalue weighted by atomic mass is 35.5. The van der Waals surface area contributed by atoms with Gasteiger partial charge in [0.2, 0.25) is 0 Å². The van der Waals surface area contributed by atoms with Crippen LogP contribution in [0.4, 0.5) is 13.2 Å². The third kappa shape index (κ3) is 6.75. The van der Waals surface area contributed by atoms with E-state index >= 15 is 0 Å². The predicted octanol–water partition coefficient (Wildman–Crippen LogP) is 3.83. The van der Waals surface area contributed by atoms with Crippen LogP contribution in [-0.4, -0.2) is 44.4 Å². The number of halogens is 5. The van der Waals surface area contributed by atoms with Gasteiger partial charge in [-0.05, 0) is 12.5 Å². The summed E-state index contributed by atoms with van der Waals surface area (Å²) < 4.78 is 43.2. The van der Waals surface area contributed by atoms with Crippen molar-refractivity contribution in [2.24, 2.45) is 0 Å². The van der Waals surface area contributed by atoms with Crippen LogP contribution < -0.4 is 10.1 Å². The maximum atomic E-state index is 12.6. The van der Waals surface area contributed by atoms with Gasteiger partial charge in [0.05, 0.1) is 7.11 Å². The van der Waals surface area contributed by atoms with Crippen LogP contribution in [0.5, 0.6) is 5.75 Å². The van der Waals surface area contributed by atoms with Gasteiger partial charge in [0.1, 0.15) is 5.75 Å². The van der Waals surface area contributed by atoms with Crippen LogP contribution in [0.3, 0.4) is 0 Å². The van der Waals surface area contributed by atoms with Gasteiger partial charge in [-0.2, -0.15) is 13.2 Å². The van der Waals surface area contributed by atoms with Gasteiger partial charge in [-0.25, -0.2) is 0 Å². The quantitative estimate of drug-likeness (QED) is 0.847. The lowest BCUT2D eigenvalue weighted by Gasteiger charge is -2.36. The summed E-state index contributed by atoms with van der Waals surface area (Å²) in [5.41, 5.74) is 0.839. The van der Waals surface area contributed by atoms with Crippen molar-refractivity contribution in [3.63, 3.8) is 0 Å². The van der Waals surface area contributed by atoms with Gasteiger partial charge in [-0.15, -0.1) is 24.8 Å². The summed E-state index contributed by atoms with van der Waals surface area (Å²) >= 11 is 0. The molecule has 0 aliphatic carbocycles. The monoisotopic (exact) mass is 374 g/mol. The van der Waals surface area contributed by atoms with Crippen LogP contribution in [0, 0.1) is 0 Å². The topological polar surface area (TPSA) is 24.5 Å². The molecule has 0 aromatic heterocycles. The normalized spacial score (nSPS) is 16.9. The highest BCUT2D eigenvalue weighted by molar-refractivity contribution is 5.85. The number of benzene rings is 1. The Hall–Kier alpha value is -0.690. The summed E-state index contributed by atoms with van der Waals surface area (Å²) in [6.07, 6.45) is -4.85. The van der Waals surface area contributed by atoms with E-state index in [-0.39, 0.29) is 37.3 Å². The van der Waals surface area contributed by atoms with E-state index in [4.69, 9.17) is 4.74 Å². The van der Waals surface area contributed by atoms with E-state index in [1.54, 1.807) is 13.2 Å². The smallest absolute Gasteiger partial charge is 0.389 e. The number of para-hydroxylation sites is 1.